The molecule has 1 aromatic heterocycles. The highest BCUT2D eigenvalue weighted by molar-refractivity contribution is 7.14. The Morgan fingerprint density at radius 3 is 2.62 bits per heavy atom. The number of thiazole rings is 1. The zero-order valence-electron chi connectivity index (χ0n) is 16.0. The van der Waals surface area contributed by atoms with Gasteiger partial charge in [0, 0.05) is 18.4 Å². The van der Waals surface area contributed by atoms with Gasteiger partial charge in [0.1, 0.15) is 23.7 Å². The van der Waals surface area contributed by atoms with E-state index in [2.05, 4.69) is 4.98 Å². The van der Waals surface area contributed by atoms with Crippen molar-refractivity contribution >= 4 is 34.0 Å². The number of anilines is 2. The van der Waals surface area contributed by atoms with E-state index in [0.29, 0.717) is 10.8 Å². The Kier molecular flexibility index (Phi) is 6.13. The van der Waals surface area contributed by atoms with Crippen LogP contribution in [-0.4, -0.2) is 27.1 Å². The van der Waals surface area contributed by atoms with Crippen molar-refractivity contribution in [1.82, 2.24) is 4.98 Å². The Morgan fingerprint density at radius 2 is 1.93 bits per heavy atom. The van der Waals surface area contributed by atoms with Gasteiger partial charge in [-0.25, -0.2) is 9.78 Å². The van der Waals surface area contributed by atoms with Gasteiger partial charge in [0.05, 0.1) is 11.4 Å². The van der Waals surface area contributed by atoms with Crippen molar-refractivity contribution in [1.29, 1.82) is 0 Å². The molecule has 0 saturated heterocycles. The average Bonchev–Trinajstić information content (AvgIpc) is 3.15. The average molecular weight is 412 g/mol. The van der Waals surface area contributed by atoms with Crippen LogP contribution in [0.3, 0.4) is 0 Å². The van der Waals surface area contributed by atoms with E-state index in [4.69, 9.17) is 4.74 Å². The first kappa shape index (κ1) is 20.3. The van der Waals surface area contributed by atoms with E-state index in [-0.39, 0.29) is 29.6 Å². The minimum Gasteiger partial charge on any atom is -0.508 e. The van der Waals surface area contributed by atoms with Crippen LogP contribution < -0.4 is 4.90 Å². The first-order valence-electron chi connectivity index (χ1n) is 8.92. The van der Waals surface area contributed by atoms with Crippen molar-refractivity contribution in [3.63, 3.8) is 0 Å². The minimum absolute atomic E-state index is 0.0551. The number of hydrogen-bond donors (Lipinski definition) is 2. The number of rotatable bonds is 6. The van der Waals surface area contributed by atoms with E-state index >= 15 is 0 Å². The number of phenols is 2. The zero-order chi connectivity index (χ0) is 21.0. The summed E-state index contributed by atoms with van der Waals surface area (Å²) in [5.74, 6) is -1.43. The van der Waals surface area contributed by atoms with Gasteiger partial charge in [-0.15, -0.1) is 11.3 Å². The van der Waals surface area contributed by atoms with Crippen molar-refractivity contribution < 1.29 is 24.5 Å². The number of para-hydroxylation sites is 1. The summed E-state index contributed by atoms with van der Waals surface area (Å²) in [5.41, 5.74) is 2.22. The van der Waals surface area contributed by atoms with Crippen LogP contribution in [0.2, 0.25) is 0 Å². The topological polar surface area (TPSA) is 100.0 Å². The van der Waals surface area contributed by atoms with Crippen LogP contribution in [0.5, 0.6) is 11.5 Å². The number of hydrogen-bond acceptors (Lipinski definition) is 7. The minimum atomic E-state index is -0.739. The molecule has 0 atom stereocenters. The second kappa shape index (κ2) is 8.74. The normalized spacial score (nSPS) is 10.6. The van der Waals surface area contributed by atoms with Crippen LogP contribution in [0.1, 0.15) is 35.5 Å². The van der Waals surface area contributed by atoms with Crippen LogP contribution >= 0.6 is 11.3 Å². The molecular weight excluding hydrogens is 392 g/mol. The van der Waals surface area contributed by atoms with E-state index in [1.165, 1.54) is 30.4 Å². The van der Waals surface area contributed by atoms with Crippen molar-refractivity contribution in [3.05, 3.63) is 64.7 Å². The lowest BCUT2D eigenvalue weighted by Gasteiger charge is -2.20. The van der Waals surface area contributed by atoms with Crippen molar-refractivity contribution in [2.75, 3.05) is 4.90 Å². The third-order valence-corrected chi connectivity index (χ3v) is 5.09. The fraction of sp³-hybridized carbons (Fsp3) is 0.190. The second-order valence-electron chi connectivity index (χ2n) is 6.24. The van der Waals surface area contributed by atoms with Crippen LogP contribution in [0.15, 0.2) is 47.8 Å². The second-order valence-corrected chi connectivity index (χ2v) is 7.07. The molecule has 0 unspecified atom stereocenters. The Bertz CT molecular complexity index is 1050. The predicted molar refractivity (Wildman–Crippen MR) is 110 cm³/mol. The number of esters is 1. The fourth-order valence-electron chi connectivity index (χ4n) is 2.81. The van der Waals surface area contributed by atoms with Crippen molar-refractivity contribution in [3.8, 4) is 11.5 Å². The molecule has 2 N–H and O–H groups in total. The highest BCUT2D eigenvalue weighted by Gasteiger charge is 2.21. The molecule has 0 fully saturated rings. The third-order valence-electron chi connectivity index (χ3n) is 4.21. The molecule has 0 aliphatic carbocycles. The number of phenolic OH excluding ortho intramolecular Hbond substituents is 2. The fourth-order valence-corrected chi connectivity index (χ4v) is 3.67. The highest BCUT2D eigenvalue weighted by Crippen LogP contribution is 2.32. The largest absolute Gasteiger partial charge is 0.508 e. The maximum absolute atomic E-state index is 12.3. The number of amides is 1. The Morgan fingerprint density at radius 1 is 1.17 bits per heavy atom. The number of ether oxygens (including phenoxy) is 1. The maximum Gasteiger partial charge on any atom is 0.342 e. The number of aromatic nitrogens is 1. The molecule has 0 bridgehead atoms. The summed E-state index contributed by atoms with van der Waals surface area (Å²) >= 11 is 1.27. The summed E-state index contributed by atoms with van der Waals surface area (Å²) in [7, 11) is 0. The SMILES string of the molecule is CCc1ccccc1N(C(C)=O)c1nc(COC(=O)c2ccc(O)cc2O)cs1. The van der Waals surface area contributed by atoms with Gasteiger partial charge in [-0.3, -0.25) is 9.69 Å². The van der Waals surface area contributed by atoms with Gasteiger partial charge in [0.25, 0.3) is 0 Å². The lowest BCUT2D eigenvalue weighted by Crippen LogP contribution is -2.23. The molecule has 0 saturated carbocycles. The molecule has 8 heteroatoms. The van der Waals surface area contributed by atoms with Crippen molar-refractivity contribution in [2.45, 2.75) is 26.9 Å². The van der Waals surface area contributed by atoms with Crippen LogP contribution in [0, 0.1) is 0 Å². The summed E-state index contributed by atoms with van der Waals surface area (Å²) in [6.45, 7) is 3.38. The monoisotopic (exact) mass is 412 g/mol. The zero-order valence-corrected chi connectivity index (χ0v) is 16.8. The number of nitrogens with zero attached hydrogens (tertiary/aromatic N) is 2. The molecule has 0 aliphatic rings. The molecule has 29 heavy (non-hydrogen) atoms. The lowest BCUT2D eigenvalue weighted by molar-refractivity contribution is -0.115. The van der Waals surface area contributed by atoms with Crippen LogP contribution in [-0.2, 0) is 22.6 Å². The number of benzene rings is 2. The van der Waals surface area contributed by atoms with Gasteiger partial charge >= 0.3 is 5.97 Å². The van der Waals surface area contributed by atoms with Crippen LogP contribution in [0.25, 0.3) is 0 Å². The number of aryl methyl sites for hydroxylation is 1. The standard InChI is InChI=1S/C21H20N2O5S/c1-3-14-6-4-5-7-18(14)23(13(2)24)21-22-15(12-29-21)11-28-20(27)17-9-8-16(25)10-19(17)26/h4-10,12,25-26H,3,11H2,1-2H3. The summed E-state index contributed by atoms with van der Waals surface area (Å²) in [4.78, 5) is 30.4. The van der Waals surface area contributed by atoms with E-state index in [1.54, 1.807) is 10.3 Å². The molecule has 3 aromatic rings. The van der Waals surface area contributed by atoms with E-state index in [1.807, 2.05) is 31.2 Å². The number of carbonyl (C=O) groups is 2. The van der Waals surface area contributed by atoms with Gasteiger partial charge in [0.15, 0.2) is 5.13 Å². The maximum atomic E-state index is 12.3. The summed E-state index contributed by atoms with van der Waals surface area (Å²) in [5, 5.41) is 21.3. The molecule has 0 radical (unpaired) electrons. The highest BCUT2D eigenvalue weighted by atomic mass is 32.1. The Hall–Kier alpha value is -3.39. The molecule has 1 heterocycles. The van der Waals surface area contributed by atoms with E-state index < -0.39 is 5.97 Å². The number of carbonyl (C=O) groups excluding carboxylic acids is 2. The Balaban J connectivity index is 1.77. The molecule has 0 spiro atoms. The lowest BCUT2D eigenvalue weighted by atomic mass is 10.1. The molecule has 7 nitrogen and oxygen atoms in total. The molecule has 1 amide bonds. The van der Waals surface area contributed by atoms with Gasteiger partial charge in [-0.2, -0.15) is 0 Å². The summed E-state index contributed by atoms with van der Waals surface area (Å²) < 4.78 is 5.20. The number of aromatic hydroxyl groups is 2. The first-order chi connectivity index (χ1) is 13.9. The summed E-state index contributed by atoms with van der Waals surface area (Å²) in [6, 6.07) is 11.2. The third kappa shape index (κ3) is 4.55. The van der Waals surface area contributed by atoms with E-state index in [0.717, 1.165) is 23.7 Å². The Labute approximate surface area is 171 Å². The van der Waals surface area contributed by atoms with Crippen LogP contribution in [0.4, 0.5) is 10.8 Å². The molecule has 2 aromatic carbocycles. The smallest absolute Gasteiger partial charge is 0.342 e. The predicted octanol–water partition coefficient (Wildman–Crippen LogP) is 4.16. The molecule has 0 aliphatic heterocycles. The quantitative estimate of drug-likeness (QED) is 0.590. The molecule has 150 valence electrons. The van der Waals surface area contributed by atoms with Gasteiger partial charge in [-0.1, -0.05) is 25.1 Å². The molecule has 3 rings (SSSR count). The first-order valence-corrected chi connectivity index (χ1v) is 9.80. The van der Waals surface area contributed by atoms with E-state index in [9.17, 15) is 19.8 Å². The molecular formula is C21H20N2O5S. The summed E-state index contributed by atoms with van der Waals surface area (Å²) in [6.07, 6.45) is 0.770. The van der Waals surface area contributed by atoms with Gasteiger partial charge in [0.2, 0.25) is 5.91 Å². The van der Waals surface area contributed by atoms with Crippen molar-refractivity contribution in [2.24, 2.45) is 0 Å². The van der Waals surface area contributed by atoms with Gasteiger partial charge in [-0.05, 0) is 30.2 Å². The van der Waals surface area contributed by atoms with Gasteiger partial charge < -0.3 is 14.9 Å².